The van der Waals surface area contributed by atoms with Crippen LogP contribution >= 0.6 is 11.7 Å². The number of anilines is 1. The Morgan fingerprint density at radius 3 is 2.82 bits per heavy atom. The summed E-state index contributed by atoms with van der Waals surface area (Å²) in [6, 6.07) is 2.75. The van der Waals surface area contributed by atoms with Crippen molar-refractivity contribution < 1.29 is 14.7 Å². The number of hydrogen-bond donors (Lipinski definition) is 2. The van der Waals surface area contributed by atoms with Crippen molar-refractivity contribution in [3.8, 4) is 0 Å². The van der Waals surface area contributed by atoms with E-state index >= 15 is 0 Å². The fraction of sp³-hybridized carbons (Fsp3) is 0. The fourth-order valence-electron chi connectivity index (χ4n) is 1.09. The summed E-state index contributed by atoms with van der Waals surface area (Å²) in [4.78, 5) is 25.9. The lowest BCUT2D eigenvalue weighted by atomic mass is 10.3. The summed E-state index contributed by atoms with van der Waals surface area (Å²) in [5.41, 5.74) is 0.387. The quantitative estimate of drug-likeness (QED) is 0.837. The summed E-state index contributed by atoms with van der Waals surface area (Å²) in [5, 5.41) is 11.2. The summed E-state index contributed by atoms with van der Waals surface area (Å²) < 4.78 is 7.45. The van der Waals surface area contributed by atoms with Crippen molar-refractivity contribution in [2.24, 2.45) is 0 Å². The lowest BCUT2D eigenvalue weighted by molar-refractivity contribution is 0.0690. The van der Waals surface area contributed by atoms with Gasteiger partial charge in [-0.25, -0.2) is 9.78 Å². The van der Waals surface area contributed by atoms with Gasteiger partial charge in [-0.05, 0) is 12.1 Å². The van der Waals surface area contributed by atoms with Gasteiger partial charge in [-0.15, -0.1) is 0 Å². The standard InChI is InChI=1S/C9H6N4O3S/c14-8(7-4-11-17-13-7)12-5-1-2-10-6(3-5)9(15)16/h1-4H,(H,15,16)(H,10,12,14). The van der Waals surface area contributed by atoms with Gasteiger partial charge in [-0.2, -0.15) is 8.75 Å². The third-order valence-electron chi connectivity index (χ3n) is 1.83. The van der Waals surface area contributed by atoms with E-state index in [-0.39, 0.29) is 11.4 Å². The van der Waals surface area contributed by atoms with Crippen LogP contribution in [0, 0.1) is 0 Å². The Hall–Kier alpha value is -2.35. The number of carboxylic acid groups (broad SMARTS) is 1. The lowest BCUT2D eigenvalue weighted by Gasteiger charge is -2.02. The molecule has 0 aliphatic rings. The number of carbonyl (C=O) groups is 2. The van der Waals surface area contributed by atoms with Crippen molar-refractivity contribution in [3.63, 3.8) is 0 Å². The van der Waals surface area contributed by atoms with Crippen LogP contribution in [0.25, 0.3) is 0 Å². The number of hydrogen-bond acceptors (Lipinski definition) is 6. The van der Waals surface area contributed by atoms with Gasteiger partial charge in [-0.1, -0.05) is 0 Å². The second-order valence-corrected chi connectivity index (χ2v) is 3.54. The molecule has 0 bridgehead atoms. The van der Waals surface area contributed by atoms with Gasteiger partial charge in [0.1, 0.15) is 5.69 Å². The van der Waals surface area contributed by atoms with Crippen LogP contribution in [-0.2, 0) is 0 Å². The molecule has 0 spiro atoms. The van der Waals surface area contributed by atoms with Crippen molar-refractivity contribution in [3.05, 3.63) is 35.9 Å². The van der Waals surface area contributed by atoms with Gasteiger partial charge in [0, 0.05) is 11.9 Å². The molecule has 7 nitrogen and oxygen atoms in total. The maximum absolute atomic E-state index is 11.6. The highest BCUT2D eigenvalue weighted by Gasteiger charge is 2.10. The molecule has 0 aliphatic carbocycles. The van der Waals surface area contributed by atoms with E-state index in [2.05, 4.69) is 19.0 Å². The Morgan fingerprint density at radius 1 is 1.35 bits per heavy atom. The number of nitrogens with one attached hydrogen (secondary N) is 1. The van der Waals surface area contributed by atoms with Crippen molar-refractivity contribution in [2.75, 3.05) is 5.32 Å². The molecule has 0 saturated carbocycles. The third kappa shape index (κ3) is 2.61. The monoisotopic (exact) mass is 250 g/mol. The first-order chi connectivity index (χ1) is 8.16. The molecule has 0 saturated heterocycles. The number of carboxylic acids is 1. The summed E-state index contributed by atoms with van der Waals surface area (Å²) in [6.45, 7) is 0. The largest absolute Gasteiger partial charge is 0.477 e. The zero-order valence-electron chi connectivity index (χ0n) is 8.32. The predicted molar refractivity (Wildman–Crippen MR) is 59.1 cm³/mol. The third-order valence-corrected chi connectivity index (χ3v) is 2.31. The molecular weight excluding hydrogens is 244 g/mol. The zero-order valence-corrected chi connectivity index (χ0v) is 9.14. The molecule has 0 radical (unpaired) electrons. The van der Waals surface area contributed by atoms with Crippen LogP contribution in [0.5, 0.6) is 0 Å². The maximum Gasteiger partial charge on any atom is 0.354 e. The van der Waals surface area contributed by atoms with Crippen LogP contribution in [0.1, 0.15) is 21.0 Å². The molecule has 0 atom stereocenters. The Kier molecular flexibility index (Phi) is 3.06. The Balaban J connectivity index is 2.16. The van der Waals surface area contributed by atoms with Crippen LogP contribution in [0.2, 0.25) is 0 Å². The molecular formula is C9H6N4O3S. The first-order valence-electron chi connectivity index (χ1n) is 4.45. The molecule has 0 aromatic carbocycles. The molecule has 2 aromatic rings. The SMILES string of the molecule is O=C(O)c1cc(NC(=O)c2cnsn2)ccn1. The van der Waals surface area contributed by atoms with Crippen molar-refractivity contribution in [1.29, 1.82) is 0 Å². The van der Waals surface area contributed by atoms with E-state index < -0.39 is 11.9 Å². The molecule has 8 heteroatoms. The van der Waals surface area contributed by atoms with Gasteiger partial charge < -0.3 is 10.4 Å². The maximum atomic E-state index is 11.6. The number of amides is 1. The van der Waals surface area contributed by atoms with E-state index in [1.807, 2.05) is 0 Å². The zero-order chi connectivity index (χ0) is 12.3. The van der Waals surface area contributed by atoms with Crippen molar-refractivity contribution in [1.82, 2.24) is 13.7 Å². The summed E-state index contributed by atoms with van der Waals surface area (Å²) >= 11 is 0.919. The fourth-order valence-corrected chi connectivity index (χ4v) is 1.50. The normalized spacial score (nSPS) is 9.88. The first kappa shape index (κ1) is 11.1. The van der Waals surface area contributed by atoms with E-state index in [4.69, 9.17) is 5.11 Å². The molecule has 2 N–H and O–H groups in total. The van der Waals surface area contributed by atoms with E-state index in [0.717, 1.165) is 11.7 Å². The summed E-state index contributed by atoms with van der Waals surface area (Å²) in [6.07, 6.45) is 2.64. The van der Waals surface area contributed by atoms with Crippen LogP contribution in [0.15, 0.2) is 24.5 Å². The number of pyridine rings is 1. The van der Waals surface area contributed by atoms with Gasteiger partial charge in [0.15, 0.2) is 5.69 Å². The van der Waals surface area contributed by atoms with Crippen LogP contribution < -0.4 is 5.32 Å². The summed E-state index contributed by atoms with van der Waals surface area (Å²) in [7, 11) is 0. The minimum Gasteiger partial charge on any atom is -0.477 e. The molecule has 0 unspecified atom stereocenters. The number of carbonyl (C=O) groups excluding carboxylic acids is 1. The summed E-state index contributed by atoms with van der Waals surface area (Å²) in [5.74, 6) is -1.60. The van der Waals surface area contributed by atoms with E-state index in [1.165, 1.54) is 24.5 Å². The van der Waals surface area contributed by atoms with Crippen LogP contribution in [0.3, 0.4) is 0 Å². The molecule has 1 amide bonds. The van der Waals surface area contributed by atoms with Crippen LogP contribution in [-0.4, -0.2) is 30.7 Å². The molecule has 17 heavy (non-hydrogen) atoms. The smallest absolute Gasteiger partial charge is 0.354 e. The molecule has 86 valence electrons. The van der Waals surface area contributed by atoms with Gasteiger partial charge >= 0.3 is 5.97 Å². The lowest BCUT2D eigenvalue weighted by Crippen LogP contribution is -2.13. The molecule has 2 heterocycles. The predicted octanol–water partition coefficient (Wildman–Crippen LogP) is 0.884. The second kappa shape index (κ2) is 4.66. The highest BCUT2D eigenvalue weighted by Crippen LogP contribution is 2.09. The van der Waals surface area contributed by atoms with Gasteiger partial charge in [0.2, 0.25) is 0 Å². The number of aromatic carboxylic acids is 1. The van der Waals surface area contributed by atoms with Gasteiger partial charge in [-0.3, -0.25) is 4.79 Å². The minimum atomic E-state index is -1.16. The minimum absolute atomic E-state index is 0.140. The molecule has 0 aliphatic heterocycles. The highest BCUT2D eigenvalue weighted by molar-refractivity contribution is 6.99. The number of aromatic nitrogens is 3. The van der Waals surface area contributed by atoms with E-state index in [1.54, 1.807) is 0 Å². The average molecular weight is 250 g/mol. The Morgan fingerprint density at radius 2 is 2.18 bits per heavy atom. The number of rotatable bonds is 3. The molecule has 0 fully saturated rings. The second-order valence-electron chi connectivity index (χ2n) is 2.98. The number of nitrogens with zero attached hydrogens (tertiary/aromatic N) is 3. The topological polar surface area (TPSA) is 105 Å². The van der Waals surface area contributed by atoms with Gasteiger partial charge in [0.05, 0.1) is 17.9 Å². The van der Waals surface area contributed by atoms with Gasteiger partial charge in [0.25, 0.3) is 5.91 Å². The van der Waals surface area contributed by atoms with Crippen LogP contribution in [0.4, 0.5) is 5.69 Å². The molecule has 2 rings (SSSR count). The first-order valence-corrected chi connectivity index (χ1v) is 5.18. The van der Waals surface area contributed by atoms with Crippen molar-refractivity contribution in [2.45, 2.75) is 0 Å². The molecule has 2 aromatic heterocycles. The van der Waals surface area contributed by atoms with Crippen molar-refractivity contribution >= 4 is 29.3 Å². The van der Waals surface area contributed by atoms with E-state index in [9.17, 15) is 9.59 Å². The Bertz CT molecular complexity index is 555. The van der Waals surface area contributed by atoms with E-state index in [0.29, 0.717) is 5.69 Å². The average Bonchev–Trinajstić information content (AvgIpc) is 2.82. The highest BCUT2D eigenvalue weighted by atomic mass is 32.1. The Labute approximate surface area is 99.5 Å².